The lowest BCUT2D eigenvalue weighted by atomic mass is 10.0. The van der Waals surface area contributed by atoms with Gasteiger partial charge in [-0.2, -0.15) is 0 Å². The molecule has 3 atom stereocenters. The summed E-state index contributed by atoms with van der Waals surface area (Å²) in [7, 11) is -2.54. The number of hydrogen-bond acceptors (Lipinski definition) is 6. The SMILES string of the molecule is CC(C)(C)OC(=O)CCC(=O)C[C@H]1C=C[C@@H]2O[Si](C(C)(C)C)(C(C)(C)C)OC[C@H]2O1. The van der Waals surface area contributed by atoms with E-state index in [1.807, 2.05) is 32.9 Å². The first-order chi connectivity index (χ1) is 13.5. The van der Waals surface area contributed by atoms with Crippen LogP contribution in [0.3, 0.4) is 0 Å². The van der Waals surface area contributed by atoms with Crippen LogP contribution in [-0.2, 0) is 27.9 Å². The summed E-state index contributed by atoms with van der Waals surface area (Å²) in [6, 6.07) is 0. The summed E-state index contributed by atoms with van der Waals surface area (Å²) in [4.78, 5) is 24.1. The molecule has 1 fully saturated rings. The maximum Gasteiger partial charge on any atom is 0.349 e. The van der Waals surface area contributed by atoms with Crippen LogP contribution in [0, 0.1) is 0 Å². The van der Waals surface area contributed by atoms with Crippen LogP contribution < -0.4 is 0 Å². The summed E-state index contributed by atoms with van der Waals surface area (Å²) in [5.74, 6) is -0.365. The molecule has 0 bridgehead atoms. The van der Waals surface area contributed by atoms with Gasteiger partial charge in [0.25, 0.3) is 0 Å². The Bertz CT molecular complexity index is 651. The number of Topliss-reactive ketones (excluding diaryl/α,β-unsaturated/α-hetero) is 1. The van der Waals surface area contributed by atoms with Crippen molar-refractivity contribution in [2.24, 2.45) is 0 Å². The van der Waals surface area contributed by atoms with E-state index >= 15 is 0 Å². The number of ketones is 1. The highest BCUT2D eigenvalue weighted by molar-refractivity contribution is 6.73. The third kappa shape index (κ3) is 6.02. The zero-order chi connectivity index (χ0) is 23.0. The highest BCUT2D eigenvalue weighted by atomic mass is 28.4. The van der Waals surface area contributed by atoms with Crippen LogP contribution in [0.5, 0.6) is 0 Å². The Morgan fingerprint density at radius 3 is 2.10 bits per heavy atom. The van der Waals surface area contributed by atoms with E-state index < -0.39 is 14.2 Å². The summed E-state index contributed by atoms with van der Waals surface area (Å²) in [6.45, 7) is 19.0. The molecule has 0 radical (unpaired) electrons. The molecule has 0 spiro atoms. The topological polar surface area (TPSA) is 71.1 Å². The van der Waals surface area contributed by atoms with Crippen molar-refractivity contribution < 1.29 is 27.9 Å². The first-order valence-corrected chi connectivity index (χ1v) is 12.7. The molecule has 7 heteroatoms. The Labute approximate surface area is 182 Å². The maximum absolute atomic E-state index is 12.3. The quantitative estimate of drug-likeness (QED) is 0.346. The molecule has 0 saturated carbocycles. The van der Waals surface area contributed by atoms with Gasteiger partial charge in [-0.1, -0.05) is 53.7 Å². The summed E-state index contributed by atoms with van der Waals surface area (Å²) in [5, 5.41) is -0.170. The molecule has 0 aliphatic carbocycles. The third-order valence-corrected chi connectivity index (χ3v) is 10.5. The summed E-state index contributed by atoms with van der Waals surface area (Å²) in [6.07, 6.45) is 3.75. The van der Waals surface area contributed by atoms with E-state index in [-0.39, 0.29) is 59.4 Å². The molecule has 172 valence electrons. The van der Waals surface area contributed by atoms with Crippen LogP contribution >= 0.6 is 0 Å². The Hall–Kier alpha value is -1.02. The van der Waals surface area contributed by atoms with Crippen molar-refractivity contribution in [3.63, 3.8) is 0 Å². The molecular formula is C23H40O6Si. The molecule has 0 N–H and O–H groups in total. The highest BCUT2D eigenvalue weighted by Gasteiger charge is 2.62. The zero-order valence-corrected chi connectivity index (χ0v) is 21.2. The van der Waals surface area contributed by atoms with E-state index in [0.29, 0.717) is 6.61 Å². The van der Waals surface area contributed by atoms with Gasteiger partial charge in [0.05, 0.1) is 25.2 Å². The van der Waals surface area contributed by atoms with Crippen molar-refractivity contribution in [2.45, 2.75) is 116 Å². The second-order valence-electron chi connectivity index (χ2n) is 11.4. The smallest absolute Gasteiger partial charge is 0.349 e. The van der Waals surface area contributed by atoms with Crippen LogP contribution in [0.25, 0.3) is 0 Å². The molecule has 1 saturated heterocycles. The Morgan fingerprint density at radius 1 is 0.967 bits per heavy atom. The first kappa shape index (κ1) is 25.2. The van der Waals surface area contributed by atoms with Crippen LogP contribution in [0.2, 0.25) is 10.1 Å². The van der Waals surface area contributed by atoms with Crippen LogP contribution in [-0.4, -0.2) is 50.8 Å². The van der Waals surface area contributed by atoms with Crippen molar-refractivity contribution in [3.05, 3.63) is 12.2 Å². The zero-order valence-electron chi connectivity index (χ0n) is 20.2. The normalized spacial score (nSPS) is 26.8. The Morgan fingerprint density at radius 2 is 1.57 bits per heavy atom. The largest absolute Gasteiger partial charge is 0.460 e. The van der Waals surface area contributed by atoms with Gasteiger partial charge in [0.2, 0.25) is 0 Å². The predicted molar refractivity (Wildman–Crippen MR) is 119 cm³/mol. The molecule has 6 nitrogen and oxygen atoms in total. The van der Waals surface area contributed by atoms with E-state index in [1.54, 1.807) is 0 Å². The summed E-state index contributed by atoms with van der Waals surface area (Å²) in [5.41, 5.74) is -0.538. The minimum atomic E-state index is -2.54. The van der Waals surface area contributed by atoms with Crippen LogP contribution in [0.15, 0.2) is 12.2 Å². The van der Waals surface area contributed by atoms with Gasteiger partial charge in [-0.15, -0.1) is 0 Å². The molecule has 0 amide bonds. The molecule has 0 aromatic carbocycles. The summed E-state index contributed by atoms with van der Waals surface area (Å²) < 4.78 is 24.5. The van der Waals surface area contributed by atoms with E-state index in [1.165, 1.54) is 0 Å². The second kappa shape index (κ2) is 8.85. The molecule has 30 heavy (non-hydrogen) atoms. The molecule has 2 rings (SSSR count). The molecule has 0 aromatic rings. The molecule has 2 aliphatic rings. The number of fused-ring (bicyclic) bond motifs is 1. The van der Waals surface area contributed by atoms with Gasteiger partial charge in [0.15, 0.2) is 0 Å². The lowest BCUT2D eigenvalue weighted by Gasteiger charge is -2.55. The number of esters is 1. The number of carbonyl (C=O) groups excluding carboxylic acids is 2. The van der Waals surface area contributed by atoms with Crippen LogP contribution in [0.1, 0.15) is 81.6 Å². The lowest BCUT2D eigenvalue weighted by Crippen LogP contribution is -2.65. The van der Waals surface area contributed by atoms with Gasteiger partial charge in [0, 0.05) is 22.9 Å². The monoisotopic (exact) mass is 440 g/mol. The number of ether oxygens (including phenoxy) is 2. The van der Waals surface area contributed by atoms with Gasteiger partial charge < -0.3 is 18.3 Å². The Balaban J connectivity index is 1.95. The van der Waals surface area contributed by atoms with E-state index in [4.69, 9.17) is 18.3 Å². The fraction of sp³-hybridized carbons (Fsp3) is 0.826. The van der Waals surface area contributed by atoms with E-state index in [2.05, 4.69) is 41.5 Å². The predicted octanol–water partition coefficient (Wildman–Crippen LogP) is 4.85. The number of carbonyl (C=O) groups is 2. The highest BCUT2D eigenvalue weighted by Crippen LogP contribution is 2.54. The van der Waals surface area contributed by atoms with E-state index in [9.17, 15) is 9.59 Å². The number of rotatable bonds is 5. The molecular weight excluding hydrogens is 400 g/mol. The van der Waals surface area contributed by atoms with Crippen LogP contribution in [0.4, 0.5) is 0 Å². The molecule has 2 aliphatic heterocycles. The van der Waals surface area contributed by atoms with Crippen molar-refractivity contribution in [3.8, 4) is 0 Å². The van der Waals surface area contributed by atoms with Gasteiger partial charge in [-0.3, -0.25) is 9.59 Å². The van der Waals surface area contributed by atoms with Crippen molar-refractivity contribution >= 4 is 20.3 Å². The average molecular weight is 441 g/mol. The molecule has 0 aromatic heterocycles. The van der Waals surface area contributed by atoms with Gasteiger partial charge in [-0.25, -0.2) is 0 Å². The van der Waals surface area contributed by atoms with Gasteiger partial charge >= 0.3 is 14.5 Å². The standard InChI is InChI=1S/C23H40O6Si/c1-21(2,3)28-20(25)13-10-16(24)14-17-11-12-18-19(27-17)15-26-30(29-18,22(4,5)6)23(7,8)9/h11-12,17-19H,10,13-15H2,1-9H3/t17-,18+,19-/m1/s1. The lowest BCUT2D eigenvalue weighted by molar-refractivity contribution is -0.155. The molecule has 0 unspecified atom stereocenters. The molecule has 2 heterocycles. The second-order valence-corrected chi connectivity index (χ2v) is 16.2. The third-order valence-electron chi connectivity index (χ3n) is 5.42. The minimum absolute atomic E-state index is 0.0142. The fourth-order valence-electron chi connectivity index (χ4n) is 4.37. The van der Waals surface area contributed by atoms with Crippen molar-refractivity contribution in [2.75, 3.05) is 6.61 Å². The average Bonchev–Trinajstić information content (AvgIpc) is 2.56. The minimum Gasteiger partial charge on any atom is -0.460 e. The summed E-state index contributed by atoms with van der Waals surface area (Å²) >= 11 is 0. The van der Waals surface area contributed by atoms with Crippen molar-refractivity contribution in [1.29, 1.82) is 0 Å². The van der Waals surface area contributed by atoms with E-state index in [0.717, 1.165) is 0 Å². The fourth-order valence-corrected chi connectivity index (χ4v) is 9.27. The number of hydrogen-bond donors (Lipinski definition) is 0. The maximum atomic E-state index is 12.3. The van der Waals surface area contributed by atoms with Gasteiger partial charge in [-0.05, 0) is 20.8 Å². The first-order valence-electron chi connectivity index (χ1n) is 10.9. The van der Waals surface area contributed by atoms with Crippen molar-refractivity contribution in [1.82, 2.24) is 0 Å². The van der Waals surface area contributed by atoms with Gasteiger partial charge in [0.1, 0.15) is 17.5 Å². The Kier molecular flexibility index (Phi) is 7.44.